The molecule has 4 rings (SSSR count). The minimum Gasteiger partial charge on any atom is -0.338 e. The van der Waals surface area contributed by atoms with Gasteiger partial charge < -0.3 is 4.90 Å². The minimum absolute atomic E-state index is 0.00849. The summed E-state index contributed by atoms with van der Waals surface area (Å²) in [6.07, 6.45) is 3.53. The fraction of sp³-hybridized carbons (Fsp3) is 0.278. The van der Waals surface area contributed by atoms with E-state index in [1.807, 2.05) is 28.8 Å². The van der Waals surface area contributed by atoms with Crippen LogP contribution in [0.3, 0.4) is 0 Å². The Bertz CT molecular complexity index is 990. The Morgan fingerprint density at radius 2 is 2.00 bits per heavy atom. The molecule has 0 aliphatic carbocycles. The highest BCUT2D eigenvalue weighted by Crippen LogP contribution is 2.29. The highest BCUT2D eigenvalue weighted by molar-refractivity contribution is 6.33. The van der Waals surface area contributed by atoms with Gasteiger partial charge >= 0.3 is 0 Å². The summed E-state index contributed by atoms with van der Waals surface area (Å²) in [6.45, 7) is 0.950. The van der Waals surface area contributed by atoms with E-state index in [1.54, 1.807) is 4.90 Å². The predicted octanol–water partition coefficient (Wildman–Crippen LogP) is 3.68. The number of pyridine rings is 1. The number of aromatic nitrogens is 3. The summed E-state index contributed by atoms with van der Waals surface area (Å²) < 4.78 is 28.7. The first-order chi connectivity index (χ1) is 12.5. The van der Waals surface area contributed by atoms with Crippen molar-refractivity contribution in [2.75, 3.05) is 13.1 Å². The molecule has 1 amide bonds. The first kappa shape index (κ1) is 16.9. The van der Waals surface area contributed by atoms with Crippen molar-refractivity contribution in [3.8, 4) is 0 Å². The number of nitrogens with zero attached hydrogens (tertiary/aromatic N) is 4. The number of carbonyl (C=O) groups excluding carboxylic acids is 1. The van der Waals surface area contributed by atoms with Gasteiger partial charge in [-0.15, -0.1) is 10.2 Å². The maximum Gasteiger partial charge on any atom is 0.255 e. The van der Waals surface area contributed by atoms with Gasteiger partial charge in [-0.25, -0.2) is 8.78 Å². The van der Waals surface area contributed by atoms with Gasteiger partial charge in [0.15, 0.2) is 17.3 Å². The smallest absolute Gasteiger partial charge is 0.255 e. The highest BCUT2D eigenvalue weighted by Gasteiger charge is 2.29. The van der Waals surface area contributed by atoms with Crippen molar-refractivity contribution in [1.82, 2.24) is 19.5 Å². The number of benzene rings is 1. The summed E-state index contributed by atoms with van der Waals surface area (Å²) >= 11 is 5.95. The van der Waals surface area contributed by atoms with Crippen molar-refractivity contribution in [2.24, 2.45) is 0 Å². The lowest BCUT2D eigenvalue weighted by Crippen LogP contribution is -2.39. The molecule has 1 aromatic carbocycles. The molecule has 1 atom stereocenters. The van der Waals surface area contributed by atoms with Crippen molar-refractivity contribution < 1.29 is 13.6 Å². The monoisotopic (exact) mass is 376 g/mol. The van der Waals surface area contributed by atoms with E-state index < -0.39 is 17.5 Å². The van der Waals surface area contributed by atoms with Gasteiger partial charge in [-0.1, -0.05) is 17.7 Å². The van der Waals surface area contributed by atoms with Crippen molar-refractivity contribution >= 4 is 23.2 Å². The van der Waals surface area contributed by atoms with Gasteiger partial charge in [0.25, 0.3) is 5.91 Å². The molecular weight excluding hydrogens is 362 g/mol. The fourth-order valence-corrected chi connectivity index (χ4v) is 3.60. The molecule has 26 heavy (non-hydrogen) atoms. The molecule has 134 valence electrons. The topological polar surface area (TPSA) is 50.5 Å². The zero-order valence-corrected chi connectivity index (χ0v) is 14.5. The van der Waals surface area contributed by atoms with Crippen LogP contribution in [0.2, 0.25) is 5.02 Å². The number of likely N-dealkylation sites (tertiary alicyclic amines) is 1. The predicted molar refractivity (Wildman–Crippen MR) is 92.2 cm³/mol. The van der Waals surface area contributed by atoms with Gasteiger partial charge in [0.05, 0.1) is 10.6 Å². The molecular formula is C18H15ClF2N4O. The van der Waals surface area contributed by atoms with Crippen LogP contribution in [0.25, 0.3) is 5.65 Å². The van der Waals surface area contributed by atoms with Gasteiger partial charge in [0.2, 0.25) is 0 Å². The molecule has 2 aromatic heterocycles. The molecule has 1 aliphatic heterocycles. The zero-order valence-electron chi connectivity index (χ0n) is 13.7. The summed E-state index contributed by atoms with van der Waals surface area (Å²) in [7, 11) is 0. The van der Waals surface area contributed by atoms with E-state index in [-0.39, 0.29) is 16.5 Å². The highest BCUT2D eigenvalue weighted by atomic mass is 35.5. The van der Waals surface area contributed by atoms with Crippen molar-refractivity contribution in [3.63, 3.8) is 0 Å². The van der Waals surface area contributed by atoms with Crippen LogP contribution in [0.4, 0.5) is 8.78 Å². The molecule has 1 saturated heterocycles. The number of amides is 1. The quantitative estimate of drug-likeness (QED) is 0.641. The number of piperidine rings is 1. The number of halogens is 3. The number of hydrogen-bond donors (Lipinski definition) is 0. The summed E-state index contributed by atoms with van der Waals surface area (Å²) in [5.41, 5.74) is 0.715. The normalized spacial score (nSPS) is 17.7. The summed E-state index contributed by atoms with van der Waals surface area (Å²) in [6, 6.07) is 7.33. The Morgan fingerprint density at radius 1 is 1.19 bits per heavy atom. The Kier molecular flexibility index (Phi) is 4.32. The second kappa shape index (κ2) is 6.64. The maximum atomic E-state index is 13.5. The molecule has 1 aliphatic rings. The maximum absolute atomic E-state index is 13.5. The van der Waals surface area contributed by atoms with Gasteiger partial charge in [-0.05, 0) is 37.1 Å². The second-order valence-corrected chi connectivity index (χ2v) is 6.73. The molecule has 3 aromatic rings. The summed E-state index contributed by atoms with van der Waals surface area (Å²) in [4.78, 5) is 14.4. The van der Waals surface area contributed by atoms with Crippen LogP contribution in [0.15, 0.2) is 36.5 Å². The SMILES string of the molecule is O=C(c1cc(F)c(F)cc1Cl)N1CCC[C@H](c2nnc3ccccn23)C1. The third-order valence-corrected chi connectivity index (χ3v) is 4.97. The molecule has 0 N–H and O–H groups in total. The molecule has 8 heteroatoms. The van der Waals surface area contributed by atoms with Gasteiger partial charge in [0, 0.05) is 25.2 Å². The second-order valence-electron chi connectivity index (χ2n) is 6.32. The molecule has 0 spiro atoms. The number of fused-ring (bicyclic) bond motifs is 1. The van der Waals surface area contributed by atoms with Crippen LogP contribution in [-0.4, -0.2) is 38.5 Å². The molecule has 0 radical (unpaired) electrons. The third-order valence-electron chi connectivity index (χ3n) is 4.65. The Labute approximate surface area is 153 Å². The fourth-order valence-electron chi connectivity index (χ4n) is 3.37. The average molecular weight is 377 g/mol. The lowest BCUT2D eigenvalue weighted by atomic mass is 9.96. The van der Waals surface area contributed by atoms with Crippen molar-refractivity contribution in [1.29, 1.82) is 0 Å². The van der Waals surface area contributed by atoms with Crippen LogP contribution in [0, 0.1) is 11.6 Å². The van der Waals surface area contributed by atoms with Crippen LogP contribution in [-0.2, 0) is 0 Å². The van der Waals surface area contributed by atoms with E-state index in [1.165, 1.54) is 0 Å². The van der Waals surface area contributed by atoms with Crippen molar-refractivity contribution in [2.45, 2.75) is 18.8 Å². The lowest BCUT2D eigenvalue weighted by molar-refractivity contribution is 0.0703. The van der Waals surface area contributed by atoms with E-state index in [2.05, 4.69) is 10.2 Å². The van der Waals surface area contributed by atoms with E-state index in [0.29, 0.717) is 13.1 Å². The minimum atomic E-state index is -1.09. The van der Waals surface area contributed by atoms with E-state index in [9.17, 15) is 13.6 Å². The van der Waals surface area contributed by atoms with Crippen LogP contribution < -0.4 is 0 Å². The van der Waals surface area contributed by atoms with E-state index in [0.717, 1.165) is 36.4 Å². The molecule has 0 unspecified atom stereocenters. The number of rotatable bonds is 2. The first-order valence-electron chi connectivity index (χ1n) is 8.28. The standard InChI is InChI=1S/C18H15ClF2N4O/c19-13-9-15(21)14(20)8-12(13)18(26)24-6-3-4-11(10-24)17-23-22-16-5-1-2-7-25(16)17/h1-2,5,7-9,11H,3-4,6,10H2/t11-/m0/s1. The summed E-state index contributed by atoms with van der Waals surface area (Å²) in [5.74, 6) is -1.77. The Balaban J connectivity index is 1.61. The molecule has 0 bridgehead atoms. The van der Waals surface area contributed by atoms with Crippen molar-refractivity contribution in [3.05, 3.63) is 64.6 Å². The van der Waals surface area contributed by atoms with E-state index in [4.69, 9.17) is 11.6 Å². The van der Waals surface area contributed by atoms with Gasteiger partial charge in [0.1, 0.15) is 5.82 Å². The van der Waals surface area contributed by atoms with Gasteiger partial charge in [-0.3, -0.25) is 9.20 Å². The lowest BCUT2D eigenvalue weighted by Gasteiger charge is -2.32. The number of hydrogen-bond acceptors (Lipinski definition) is 3. The molecule has 5 nitrogen and oxygen atoms in total. The van der Waals surface area contributed by atoms with Crippen LogP contribution >= 0.6 is 11.6 Å². The average Bonchev–Trinajstić information content (AvgIpc) is 3.08. The summed E-state index contributed by atoms with van der Waals surface area (Å²) in [5, 5.41) is 8.33. The van der Waals surface area contributed by atoms with Gasteiger partial charge in [-0.2, -0.15) is 0 Å². The Hall–Kier alpha value is -2.54. The first-order valence-corrected chi connectivity index (χ1v) is 8.66. The van der Waals surface area contributed by atoms with E-state index >= 15 is 0 Å². The third kappa shape index (κ3) is 2.92. The zero-order chi connectivity index (χ0) is 18.3. The largest absolute Gasteiger partial charge is 0.338 e. The molecule has 1 fully saturated rings. The molecule has 3 heterocycles. The molecule has 0 saturated carbocycles. The van der Waals surface area contributed by atoms with Crippen LogP contribution in [0.1, 0.15) is 34.9 Å². The Morgan fingerprint density at radius 3 is 2.85 bits per heavy atom. The van der Waals surface area contributed by atoms with Crippen LogP contribution in [0.5, 0.6) is 0 Å². The number of carbonyl (C=O) groups is 1.